The Bertz CT molecular complexity index is 525. The lowest BCUT2D eigenvalue weighted by Gasteiger charge is -2.28. The van der Waals surface area contributed by atoms with E-state index in [0.29, 0.717) is 18.5 Å². The third-order valence-corrected chi connectivity index (χ3v) is 3.86. The molecule has 124 valence electrons. The third-order valence-electron chi connectivity index (χ3n) is 3.86. The second-order valence-corrected chi connectivity index (χ2v) is 4.79. The number of carbonyl (C=O) groups excluding carboxylic acids is 1. The van der Waals surface area contributed by atoms with Crippen LogP contribution in [0, 0.1) is 15.5 Å². The van der Waals surface area contributed by atoms with Crippen LogP contribution >= 0.6 is 12.4 Å². The van der Waals surface area contributed by atoms with Crippen LogP contribution in [0.15, 0.2) is 18.2 Å². The van der Waals surface area contributed by atoms with Crippen molar-refractivity contribution in [2.75, 3.05) is 19.0 Å². The number of hydrogen-bond donors (Lipinski definition) is 2. The van der Waals surface area contributed by atoms with E-state index in [4.69, 9.17) is 10.5 Å². The number of nitro groups is 1. The van der Waals surface area contributed by atoms with Gasteiger partial charge in [-0.1, -0.05) is 13.8 Å². The van der Waals surface area contributed by atoms with E-state index < -0.39 is 10.3 Å². The van der Waals surface area contributed by atoms with Crippen LogP contribution in [-0.2, 0) is 4.79 Å². The molecule has 3 N–H and O–H groups in total. The first kappa shape index (κ1) is 20.1. The van der Waals surface area contributed by atoms with Gasteiger partial charge in [0.25, 0.3) is 0 Å². The van der Waals surface area contributed by atoms with Crippen molar-refractivity contribution in [2.24, 2.45) is 11.1 Å². The third kappa shape index (κ3) is 4.08. The molecule has 0 bridgehead atoms. The van der Waals surface area contributed by atoms with Gasteiger partial charge in [0.2, 0.25) is 5.91 Å². The van der Waals surface area contributed by atoms with Crippen molar-refractivity contribution in [1.29, 1.82) is 0 Å². The molecular weight excluding hydrogens is 310 g/mol. The van der Waals surface area contributed by atoms with E-state index in [2.05, 4.69) is 5.32 Å². The SMILES string of the molecule is CCC(CC)(CN)C(=O)Nc1ccc(OC)c([N+](=O)[O-])c1.Cl. The van der Waals surface area contributed by atoms with Crippen LogP contribution in [0.5, 0.6) is 5.75 Å². The van der Waals surface area contributed by atoms with Crippen LogP contribution in [0.4, 0.5) is 11.4 Å². The van der Waals surface area contributed by atoms with E-state index in [0.717, 1.165) is 0 Å². The summed E-state index contributed by atoms with van der Waals surface area (Å²) >= 11 is 0. The van der Waals surface area contributed by atoms with Crippen LogP contribution in [-0.4, -0.2) is 24.5 Å². The highest BCUT2D eigenvalue weighted by molar-refractivity contribution is 5.95. The van der Waals surface area contributed by atoms with E-state index >= 15 is 0 Å². The molecule has 0 saturated heterocycles. The molecule has 0 aliphatic carbocycles. The van der Waals surface area contributed by atoms with Gasteiger partial charge in [-0.05, 0) is 25.0 Å². The number of hydrogen-bond acceptors (Lipinski definition) is 5. The minimum absolute atomic E-state index is 0. The molecule has 0 saturated carbocycles. The van der Waals surface area contributed by atoms with E-state index in [-0.39, 0.29) is 36.3 Å². The van der Waals surface area contributed by atoms with Crippen molar-refractivity contribution in [3.05, 3.63) is 28.3 Å². The second-order valence-electron chi connectivity index (χ2n) is 4.79. The second kappa shape index (κ2) is 8.55. The Balaban J connectivity index is 0.00000441. The summed E-state index contributed by atoms with van der Waals surface area (Å²) in [6, 6.07) is 4.30. The lowest BCUT2D eigenvalue weighted by Crippen LogP contribution is -2.41. The summed E-state index contributed by atoms with van der Waals surface area (Å²) in [6.45, 7) is 4.02. The average molecular weight is 332 g/mol. The maximum Gasteiger partial charge on any atom is 0.312 e. The molecule has 0 aliphatic heterocycles. The van der Waals surface area contributed by atoms with Crippen molar-refractivity contribution < 1.29 is 14.5 Å². The Morgan fingerprint density at radius 2 is 2.00 bits per heavy atom. The zero-order chi connectivity index (χ0) is 16.0. The minimum Gasteiger partial charge on any atom is -0.490 e. The molecule has 1 aromatic carbocycles. The molecule has 0 spiro atoms. The largest absolute Gasteiger partial charge is 0.490 e. The Morgan fingerprint density at radius 1 is 1.41 bits per heavy atom. The van der Waals surface area contributed by atoms with E-state index in [9.17, 15) is 14.9 Å². The summed E-state index contributed by atoms with van der Waals surface area (Å²) in [5, 5.41) is 13.7. The molecular formula is C14H22ClN3O4. The number of nitrogens with zero attached hydrogens (tertiary/aromatic N) is 1. The zero-order valence-electron chi connectivity index (χ0n) is 12.9. The molecule has 0 aliphatic rings. The van der Waals surface area contributed by atoms with Crippen molar-refractivity contribution in [1.82, 2.24) is 0 Å². The molecule has 7 nitrogen and oxygen atoms in total. The summed E-state index contributed by atoms with van der Waals surface area (Å²) in [5.74, 6) is -0.0801. The highest BCUT2D eigenvalue weighted by atomic mass is 35.5. The van der Waals surface area contributed by atoms with Gasteiger partial charge in [0.15, 0.2) is 5.75 Å². The fourth-order valence-corrected chi connectivity index (χ4v) is 2.13. The number of nitrogens with one attached hydrogen (secondary N) is 1. The number of rotatable bonds is 7. The highest BCUT2D eigenvalue weighted by Gasteiger charge is 2.33. The Kier molecular flexibility index (Phi) is 7.83. The minimum atomic E-state index is -0.658. The molecule has 1 rings (SSSR count). The van der Waals surface area contributed by atoms with E-state index in [1.807, 2.05) is 13.8 Å². The molecule has 0 aromatic heterocycles. The van der Waals surface area contributed by atoms with Crippen LogP contribution in [0.3, 0.4) is 0 Å². The molecule has 0 radical (unpaired) electrons. The standard InChI is InChI=1S/C14H21N3O4.ClH/c1-4-14(5-2,9-15)13(18)16-10-6-7-12(21-3)11(8-10)17(19)20;/h6-8H,4-5,9,15H2,1-3H3,(H,16,18);1H. The highest BCUT2D eigenvalue weighted by Crippen LogP contribution is 2.31. The van der Waals surface area contributed by atoms with Crippen LogP contribution in [0.25, 0.3) is 0 Å². The van der Waals surface area contributed by atoms with Gasteiger partial charge in [-0.3, -0.25) is 14.9 Å². The van der Waals surface area contributed by atoms with Crippen LogP contribution in [0.2, 0.25) is 0 Å². The first-order chi connectivity index (χ1) is 9.93. The Labute approximate surface area is 135 Å². The fraction of sp³-hybridized carbons (Fsp3) is 0.500. The van der Waals surface area contributed by atoms with Gasteiger partial charge in [0.1, 0.15) is 0 Å². The summed E-state index contributed by atoms with van der Waals surface area (Å²) in [4.78, 5) is 22.8. The first-order valence-corrected chi connectivity index (χ1v) is 6.78. The summed E-state index contributed by atoms with van der Waals surface area (Å²) in [7, 11) is 1.36. The molecule has 1 amide bonds. The van der Waals surface area contributed by atoms with Crippen molar-refractivity contribution >= 4 is 29.7 Å². The van der Waals surface area contributed by atoms with Gasteiger partial charge >= 0.3 is 5.69 Å². The van der Waals surface area contributed by atoms with Gasteiger partial charge in [0.05, 0.1) is 17.4 Å². The van der Waals surface area contributed by atoms with Crippen molar-refractivity contribution in [2.45, 2.75) is 26.7 Å². The van der Waals surface area contributed by atoms with Crippen molar-refractivity contribution in [3.63, 3.8) is 0 Å². The number of methoxy groups -OCH3 is 1. The predicted octanol–water partition coefficient (Wildman–Crippen LogP) is 2.73. The van der Waals surface area contributed by atoms with Crippen LogP contribution < -0.4 is 15.8 Å². The zero-order valence-corrected chi connectivity index (χ0v) is 13.7. The quantitative estimate of drug-likeness (QED) is 0.590. The molecule has 0 heterocycles. The molecule has 0 atom stereocenters. The lowest BCUT2D eigenvalue weighted by molar-refractivity contribution is -0.385. The van der Waals surface area contributed by atoms with Gasteiger partial charge in [-0.2, -0.15) is 0 Å². The molecule has 0 fully saturated rings. The molecule has 0 unspecified atom stereocenters. The maximum absolute atomic E-state index is 12.4. The van der Waals surface area contributed by atoms with Gasteiger partial charge in [-0.25, -0.2) is 0 Å². The maximum atomic E-state index is 12.4. The number of anilines is 1. The number of carbonyl (C=O) groups is 1. The predicted molar refractivity (Wildman–Crippen MR) is 87.6 cm³/mol. The summed E-state index contributed by atoms with van der Waals surface area (Å²) in [5.41, 5.74) is 5.22. The first-order valence-electron chi connectivity index (χ1n) is 6.78. The number of amides is 1. The number of ether oxygens (including phenoxy) is 1. The smallest absolute Gasteiger partial charge is 0.312 e. The molecule has 8 heteroatoms. The normalized spacial score (nSPS) is 10.5. The number of nitro benzene ring substituents is 1. The Morgan fingerprint density at radius 3 is 2.41 bits per heavy atom. The van der Waals surface area contributed by atoms with E-state index in [1.54, 1.807) is 6.07 Å². The lowest BCUT2D eigenvalue weighted by atomic mass is 9.81. The molecule has 1 aromatic rings. The number of nitrogens with two attached hydrogens (primary N) is 1. The molecule has 22 heavy (non-hydrogen) atoms. The number of halogens is 1. The van der Waals surface area contributed by atoms with Gasteiger partial charge in [-0.15, -0.1) is 12.4 Å². The Hall–Kier alpha value is -1.86. The summed E-state index contributed by atoms with van der Waals surface area (Å²) in [6.07, 6.45) is 1.20. The van der Waals surface area contributed by atoms with Gasteiger partial charge in [0, 0.05) is 18.3 Å². The monoisotopic (exact) mass is 331 g/mol. The van der Waals surface area contributed by atoms with Crippen molar-refractivity contribution in [3.8, 4) is 5.75 Å². The van der Waals surface area contributed by atoms with Crippen LogP contribution in [0.1, 0.15) is 26.7 Å². The topological polar surface area (TPSA) is 107 Å². The van der Waals surface area contributed by atoms with Gasteiger partial charge < -0.3 is 15.8 Å². The average Bonchev–Trinajstić information content (AvgIpc) is 2.49. The summed E-state index contributed by atoms with van der Waals surface area (Å²) < 4.78 is 4.92. The van der Waals surface area contributed by atoms with E-state index in [1.165, 1.54) is 19.2 Å². The fourth-order valence-electron chi connectivity index (χ4n) is 2.13. The number of benzene rings is 1.